The molecular weight excluding hydrogens is 198 g/mol. The van der Waals surface area contributed by atoms with Gasteiger partial charge in [0.15, 0.2) is 0 Å². The Morgan fingerprint density at radius 3 is 2.53 bits per heavy atom. The molecule has 0 aliphatic carbocycles. The van der Waals surface area contributed by atoms with Crippen LogP contribution in [-0.4, -0.2) is 29.8 Å². The Kier molecular flexibility index (Phi) is 6.70. The van der Waals surface area contributed by atoms with Gasteiger partial charge in [-0.25, -0.2) is 9.59 Å². The van der Waals surface area contributed by atoms with Crippen LogP contribution in [0.4, 0.5) is 4.79 Å². The van der Waals surface area contributed by atoms with E-state index >= 15 is 0 Å². The Balaban J connectivity index is 4.03. The molecule has 0 aliphatic heterocycles. The maximum atomic E-state index is 11.0. The quantitative estimate of drug-likeness (QED) is 0.625. The van der Waals surface area contributed by atoms with Gasteiger partial charge in [-0.1, -0.05) is 18.7 Å². The first kappa shape index (κ1) is 13.2. The van der Waals surface area contributed by atoms with Gasteiger partial charge >= 0.3 is 12.1 Å². The van der Waals surface area contributed by atoms with Crippen molar-refractivity contribution in [2.45, 2.75) is 18.9 Å². The van der Waals surface area contributed by atoms with Crippen molar-refractivity contribution in [1.29, 1.82) is 0 Å². The van der Waals surface area contributed by atoms with Crippen LogP contribution in [0.1, 0.15) is 12.8 Å². The van der Waals surface area contributed by atoms with Gasteiger partial charge in [-0.05, 0) is 12.8 Å². The maximum absolute atomic E-state index is 11.0. The van der Waals surface area contributed by atoms with Crippen LogP contribution < -0.4 is 5.32 Å². The van der Waals surface area contributed by atoms with Gasteiger partial charge in [0.2, 0.25) is 0 Å². The molecule has 0 bridgehead atoms. The molecule has 0 heterocycles. The lowest BCUT2D eigenvalue weighted by Gasteiger charge is -2.12. The van der Waals surface area contributed by atoms with Crippen molar-refractivity contribution in [3.63, 3.8) is 0 Å². The highest BCUT2D eigenvalue weighted by atomic mass is 16.5. The van der Waals surface area contributed by atoms with Crippen molar-refractivity contribution in [1.82, 2.24) is 5.32 Å². The van der Waals surface area contributed by atoms with Crippen molar-refractivity contribution < 1.29 is 19.4 Å². The van der Waals surface area contributed by atoms with E-state index in [1.165, 1.54) is 6.08 Å². The van der Waals surface area contributed by atoms with Crippen LogP contribution in [-0.2, 0) is 9.53 Å². The molecule has 5 nitrogen and oxygen atoms in total. The largest absolute Gasteiger partial charge is 0.480 e. The van der Waals surface area contributed by atoms with Gasteiger partial charge in [0, 0.05) is 0 Å². The summed E-state index contributed by atoms with van der Waals surface area (Å²) >= 11 is 0. The monoisotopic (exact) mass is 213 g/mol. The molecule has 84 valence electrons. The molecule has 0 aromatic carbocycles. The molecule has 15 heavy (non-hydrogen) atoms. The summed E-state index contributed by atoms with van der Waals surface area (Å²) in [4.78, 5) is 21.7. The number of carbonyl (C=O) groups excluding carboxylic acids is 1. The van der Waals surface area contributed by atoms with Crippen LogP contribution in [0.25, 0.3) is 0 Å². The topological polar surface area (TPSA) is 75.6 Å². The number of aliphatic carboxylic acids is 1. The van der Waals surface area contributed by atoms with Crippen LogP contribution in [0.15, 0.2) is 25.3 Å². The number of alkyl carbamates (subject to hydrolysis) is 1. The van der Waals surface area contributed by atoms with Crippen molar-refractivity contribution in [2.24, 2.45) is 0 Å². The van der Waals surface area contributed by atoms with E-state index in [1.807, 2.05) is 0 Å². The molecule has 0 fully saturated rings. The van der Waals surface area contributed by atoms with E-state index in [2.05, 4.69) is 23.2 Å². The van der Waals surface area contributed by atoms with Crippen LogP contribution in [0.3, 0.4) is 0 Å². The van der Waals surface area contributed by atoms with E-state index < -0.39 is 18.1 Å². The Morgan fingerprint density at radius 2 is 2.07 bits per heavy atom. The third-order valence-electron chi connectivity index (χ3n) is 1.58. The van der Waals surface area contributed by atoms with Crippen molar-refractivity contribution in [2.75, 3.05) is 6.61 Å². The predicted octanol–water partition coefficient (Wildman–Crippen LogP) is 1.32. The SMILES string of the molecule is C=CCCC(NC(=O)OCC=C)C(=O)O. The van der Waals surface area contributed by atoms with Crippen molar-refractivity contribution in [3.05, 3.63) is 25.3 Å². The van der Waals surface area contributed by atoms with Gasteiger partial charge in [-0.15, -0.1) is 6.58 Å². The Bertz CT molecular complexity index is 250. The van der Waals surface area contributed by atoms with E-state index in [4.69, 9.17) is 5.11 Å². The minimum absolute atomic E-state index is 0.0552. The summed E-state index contributed by atoms with van der Waals surface area (Å²) in [6.45, 7) is 6.89. The van der Waals surface area contributed by atoms with Crippen LogP contribution >= 0.6 is 0 Å². The van der Waals surface area contributed by atoms with E-state index in [0.717, 1.165) is 0 Å². The van der Waals surface area contributed by atoms with Gasteiger partial charge in [0.05, 0.1) is 0 Å². The average Bonchev–Trinajstić information content (AvgIpc) is 2.20. The molecule has 0 aromatic heterocycles. The smallest absolute Gasteiger partial charge is 0.408 e. The fourth-order valence-electron chi connectivity index (χ4n) is 0.860. The van der Waals surface area contributed by atoms with Crippen molar-refractivity contribution >= 4 is 12.1 Å². The lowest BCUT2D eigenvalue weighted by Crippen LogP contribution is -2.40. The molecule has 0 radical (unpaired) electrons. The molecule has 1 atom stereocenters. The molecular formula is C10H15NO4. The highest BCUT2D eigenvalue weighted by Gasteiger charge is 2.19. The number of amides is 1. The molecule has 0 saturated carbocycles. The Labute approximate surface area is 88.4 Å². The zero-order chi connectivity index (χ0) is 11.7. The summed E-state index contributed by atoms with van der Waals surface area (Å²) in [6.07, 6.45) is 3.04. The van der Waals surface area contributed by atoms with E-state index in [9.17, 15) is 9.59 Å². The first-order valence-electron chi connectivity index (χ1n) is 4.49. The number of hydrogen-bond donors (Lipinski definition) is 2. The molecule has 1 unspecified atom stereocenters. The number of ether oxygens (including phenoxy) is 1. The summed E-state index contributed by atoms with van der Waals surface area (Å²) in [7, 11) is 0. The van der Waals surface area contributed by atoms with Gasteiger partial charge < -0.3 is 15.2 Å². The zero-order valence-electron chi connectivity index (χ0n) is 8.44. The summed E-state index contributed by atoms with van der Waals surface area (Å²) in [5.74, 6) is -1.09. The van der Waals surface area contributed by atoms with Crippen LogP contribution in [0.2, 0.25) is 0 Å². The molecule has 0 aromatic rings. The predicted molar refractivity (Wildman–Crippen MR) is 55.5 cm³/mol. The summed E-state index contributed by atoms with van der Waals surface area (Å²) in [6, 6.07) is -0.944. The number of carboxylic acids is 1. The number of hydrogen-bond acceptors (Lipinski definition) is 3. The maximum Gasteiger partial charge on any atom is 0.408 e. The summed E-state index contributed by atoms with van der Waals surface area (Å²) in [5, 5.41) is 11.0. The zero-order valence-corrected chi connectivity index (χ0v) is 8.44. The third-order valence-corrected chi connectivity index (χ3v) is 1.58. The summed E-state index contributed by atoms with van der Waals surface area (Å²) < 4.78 is 4.59. The van der Waals surface area contributed by atoms with Gasteiger partial charge in [-0.2, -0.15) is 0 Å². The number of rotatable bonds is 7. The molecule has 5 heteroatoms. The van der Waals surface area contributed by atoms with Gasteiger partial charge in [0.25, 0.3) is 0 Å². The van der Waals surface area contributed by atoms with E-state index in [-0.39, 0.29) is 6.61 Å². The molecule has 0 rings (SSSR count). The summed E-state index contributed by atoms with van der Waals surface area (Å²) in [5.41, 5.74) is 0. The fourth-order valence-corrected chi connectivity index (χ4v) is 0.860. The Hall–Kier alpha value is -1.78. The van der Waals surface area contributed by atoms with E-state index in [1.54, 1.807) is 6.08 Å². The number of carboxylic acid groups (broad SMARTS) is 1. The number of nitrogens with one attached hydrogen (secondary N) is 1. The number of carbonyl (C=O) groups is 2. The second-order valence-electron chi connectivity index (χ2n) is 2.79. The third kappa shape index (κ3) is 6.31. The molecule has 0 saturated heterocycles. The normalized spacial score (nSPS) is 11.2. The highest BCUT2D eigenvalue weighted by Crippen LogP contribution is 1.98. The molecule has 2 N–H and O–H groups in total. The van der Waals surface area contributed by atoms with Crippen LogP contribution in [0.5, 0.6) is 0 Å². The molecule has 0 spiro atoms. The van der Waals surface area contributed by atoms with E-state index in [0.29, 0.717) is 12.8 Å². The fraction of sp³-hybridized carbons (Fsp3) is 0.400. The first-order valence-corrected chi connectivity index (χ1v) is 4.49. The highest BCUT2D eigenvalue weighted by molar-refractivity contribution is 5.79. The minimum atomic E-state index is -1.09. The molecule has 0 aliphatic rings. The first-order chi connectivity index (χ1) is 7.11. The minimum Gasteiger partial charge on any atom is -0.480 e. The Morgan fingerprint density at radius 1 is 1.40 bits per heavy atom. The standard InChI is InChI=1S/C10H15NO4/c1-3-5-6-8(9(12)13)11-10(14)15-7-4-2/h3-4,8H,1-2,5-7H2,(H,11,14)(H,12,13). The van der Waals surface area contributed by atoms with Gasteiger partial charge in [0.1, 0.15) is 12.6 Å². The van der Waals surface area contributed by atoms with Gasteiger partial charge in [-0.3, -0.25) is 0 Å². The lowest BCUT2D eigenvalue weighted by molar-refractivity contribution is -0.139. The lowest BCUT2D eigenvalue weighted by atomic mass is 10.1. The molecule has 1 amide bonds. The second kappa shape index (κ2) is 7.61. The van der Waals surface area contributed by atoms with Crippen molar-refractivity contribution in [3.8, 4) is 0 Å². The second-order valence-corrected chi connectivity index (χ2v) is 2.79. The average molecular weight is 213 g/mol. The number of allylic oxidation sites excluding steroid dienone is 1. The van der Waals surface area contributed by atoms with Crippen LogP contribution in [0, 0.1) is 0 Å².